The number of fused-ring (bicyclic) bond motifs is 1. The van der Waals surface area contributed by atoms with Gasteiger partial charge in [-0.15, -0.1) is 34.2 Å². The minimum Gasteiger partial charge on any atom is -0.454 e. The quantitative estimate of drug-likeness (QED) is 0.347. The Morgan fingerprint density at radius 1 is 1.17 bits per heavy atom. The van der Waals surface area contributed by atoms with Gasteiger partial charge in [0.1, 0.15) is 12.2 Å². The summed E-state index contributed by atoms with van der Waals surface area (Å²) in [4.78, 5) is 9.25. The lowest BCUT2D eigenvalue weighted by Crippen LogP contribution is -2.52. The largest absolute Gasteiger partial charge is 0.454 e. The molecule has 30 heavy (non-hydrogen) atoms. The summed E-state index contributed by atoms with van der Waals surface area (Å²) in [5.41, 5.74) is 1.26. The van der Waals surface area contributed by atoms with Gasteiger partial charge in [-0.25, -0.2) is 0 Å². The molecule has 0 bridgehead atoms. The minimum atomic E-state index is 0. The molecule has 9 nitrogen and oxygen atoms in total. The van der Waals surface area contributed by atoms with Gasteiger partial charge < -0.3 is 24.3 Å². The van der Waals surface area contributed by atoms with Crippen LogP contribution < -0.4 is 14.8 Å². The molecule has 0 amide bonds. The van der Waals surface area contributed by atoms with Crippen molar-refractivity contribution in [1.29, 1.82) is 0 Å². The van der Waals surface area contributed by atoms with Crippen molar-refractivity contribution in [2.24, 2.45) is 4.99 Å². The molecule has 0 spiro atoms. The van der Waals surface area contributed by atoms with Crippen molar-refractivity contribution in [1.82, 2.24) is 29.9 Å². The molecule has 0 unspecified atom stereocenters. The number of hydrogen-bond acceptors (Lipinski definition) is 6. The number of hydrogen-bond donors (Lipinski definition) is 1. The average Bonchev–Trinajstić information content (AvgIpc) is 3.40. The molecule has 1 aromatic heterocycles. The maximum absolute atomic E-state index is 5.49. The molecule has 3 heterocycles. The zero-order chi connectivity index (χ0) is 20.1. The van der Waals surface area contributed by atoms with E-state index < -0.39 is 0 Å². The number of nitrogens with one attached hydrogen (secondary N) is 1. The van der Waals surface area contributed by atoms with Crippen LogP contribution in [0.5, 0.6) is 11.5 Å². The number of aryl methyl sites for hydroxylation is 1. The van der Waals surface area contributed by atoms with E-state index in [-0.39, 0.29) is 24.0 Å². The van der Waals surface area contributed by atoms with Gasteiger partial charge in [0, 0.05) is 59.3 Å². The number of ether oxygens (including phenoxy) is 2. The summed E-state index contributed by atoms with van der Waals surface area (Å²) in [6.07, 6.45) is 2.68. The maximum atomic E-state index is 5.49. The third-order valence-corrected chi connectivity index (χ3v) is 5.37. The molecule has 1 N–H and O–H groups in total. The van der Waals surface area contributed by atoms with Crippen molar-refractivity contribution in [2.75, 3.05) is 46.6 Å². The molecule has 1 saturated heterocycles. The molecule has 4 rings (SSSR count). The number of benzene rings is 1. The van der Waals surface area contributed by atoms with Gasteiger partial charge in [0.2, 0.25) is 6.79 Å². The summed E-state index contributed by atoms with van der Waals surface area (Å²) >= 11 is 0. The Morgan fingerprint density at radius 3 is 2.73 bits per heavy atom. The number of aromatic nitrogens is 3. The van der Waals surface area contributed by atoms with E-state index in [4.69, 9.17) is 9.47 Å². The Hall–Kier alpha value is -2.08. The van der Waals surface area contributed by atoms with Crippen LogP contribution in [0.4, 0.5) is 0 Å². The van der Waals surface area contributed by atoms with Crippen LogP contribution in [0.1, 0.15) is 18.3 Å². The van der Waals surface area contributed by atoms with E-state index in [1.165, 1.54) is 5.56 Å². The fourth-order valence-corrected chi connectivity index (χ4v) is 3.78. The van der Waals surface area contributed by atoms with Crippen LogP contribution >= 0.6 is 24.0 Å². The SMILES string of the molecule is CCc1nncn1CCNC(=NC)N1CCN(Cc2ccc3c(c2)OCO3)CC1.I. The summed E-state index contributed by atoms with van der Waals surface area (Å²) in [5.74, 6) is 3.66. The van der Waals surface area contributed by atoms with Crippen molar-refractivity contribution in [3.63, 3.8) is 0 Å². The zero-order valence-electron chi connectivity index (χ0n) is 17.6. The molecule has 1 fully saturated rings. The van der Waals surface area contributed by atoms with E-state index in [1.807, 2.05) is 13.1 Å². The first-order valence-corrected chi connectivity index (χ1v) is 10.2. The number of nitrogens with zero attached hydrogens (tertiary/aromatic N) is 6. The Labute approximate surface area is 194 Å². The highest BCUT2D eigenvalue weighted by Crippen LogP contribution is 2.32. The van der Waals surface area contributed by atoms with Crippen LogP contribution in [0, 0.1) is 0 Å². The topological polar surface area (TPSA) is 80.0 Å². The summed E-state index contributed by atoms with van der Waals surface area (Å²) in [7, 11) is 1.84. The third-order valence-electron chi connectivity index (χ3n) is 5.37. The highest BCUT2D eigenvalue weighted by Gasteiger charge is 2.20. The standard InChI is InChI=1S/C20H29N7O2.HI/c1-3-19-24-23-14-27(19)7-6-22-20(21-2)26-10-8-25(9-11-26)13-16-4-5-17-18(12-16)29-15-28-17;/h4-5,12,14H,3,6-11,13,15H2,1-2H3,(H,21,22);1H. The number of guanidine groups is 1. The number of rotatable bonds is 6. The number of aliphatic imine (C=N–C) groups is 1. The lowest BCUT2D eigenvalue weighted by Gasteiger charge is -2.36. The van der Waals surface area contributed by atoms with Gasteiger partial charge in [-0.3, -0.25) is 9.89 Å². The molecule has 0 saturated carbocycles. The zero-order valence-corrected chi connectivity index (χ0v) is 19.9. The van der Waals surface area contributed by atoms with Gasteiger partial charge in [0.25, 0.3) is 0 Å². The van der Waals surface area contributed by atoms with Crippen LogP contribution in [0.2, 0.25) is 0 Å². The molecule has 0 atom stereocenters. The lowest BCUT2D eigenvalue weighted by molar-refractivity contribution is 0.171. The maximum Gasteiger partial charge on any atom is 0.231 e. The van der Waals surface area contributed by atoms with Crippen molar-refractivity contribution < 1.29 is 9.47 Å². The Bertz CT molecular complexity index is 849. The number of piperazine rings is 1. The monoisotopic (exact) mass is 527 g/mol. The fraction of sp³-hybridized carbons (Fsp3) is 0.550. The van der Waals surface area contributed by atoms with E-state index in [0.29, 0.717) is 6.79 Å². The molecular weight excluding hydrogens is 497 g/mol. The van der Waals surface area contributed by atoms with Crippen LogP contribution in [0.25, 0.3) is 0 Å². The highest BCUT2D eigenvalue weighted by atomic mass is 127. The summed E-state index contributed by atoms with van der Waals surface area (Å²) in [6.45, 7) is 8.88. The van der Waals surface area contributed by atoms with E-state index in [2.05, 4.69) is 53.9 Å². The van der Waals surface area contributed by atoms with Gasteiger partial charge >= 0.3 is 0 Å². The van der Waals surface area contributed by atoms with Gasteiger partial charge in [0.15, 0.2) is 17.5 Å². The predicted octanol–water partition coefficient (Wildman–Crippen LogP) is 1.58. The van der Waals surface area contributed by atoms with Crippen molar-refractivity contribution in [3.8, 4) is 11.5 Å². The van der Waals surface area contributed by atoms with Gasteiger partial charge in [-0.2, -0.15) is 0 Å². The van der Waals surface area contributed by atoms with Gasteiger partial charge in [0.05, 0.1) is 0 Å². The van der Waals surface area contributed by atoms with Gasteiger partial charge in [-0.05, 0) is 17.7 Å². The van der Waals surface area contributed by atoms with E-state index >= 15 is 0 Å². The Morgan fingerprint density at radius 2 is 1.97 bits per heavy atom. The molecule has 1 aromatic carbocycles. The third kappa shape index (κ3) is 5.34. The smallest absolute Gasteiger partial charge is 0.231 e. The van der Waals surface area contributed by atoms with E-state index in [9.17, 15) is 0 Å². The second-order valence-electron chi connectivity index (χ2n) is 7.22. The summed E-state index contributed by atoms with van der Waals surface area (Å²) in [5, 5.41) is 11.6. The minimum absolute atomic E-state index is 0. The first kappa shape index (κ1) is 22.6. The fourth-order valence-electron chi connectivity index (χ4n) is 3.78. The van der Waals surface area contributed by atoms with Gasteiger partial charge in [-0.1, -0.05) is 13.0 Å². The molecular formula is C20H30IN7O2. The van der Waals surface area contributed by atoms with Crippen molar-refractivity contribution in [2.45, 2.75) is 26.4 Å². The Balaban J connectivity index is 0.00000256. The second-order valence-corrected chi connectivity index (χ2v) is 7.22. The molecule has 164 valence electrons. The summed E-state index contributed by atoms with van der Waals surface area (Å²) in [6, 6.07) is 6.21. The van der Waals surface area contributed by atoms with Crippen LogP contribution in [0.3, 0.4) is 0 Å². The van der Waals surface area contributed by atoms with Crippen molar-refractivity contribution in [3.05, 3.63) is 35.9 Å². The lowest BCUT2D eigenvalue weighted by atomic mass is 10.1. The van der Waals surface area contributed by atoms with E-state index in [1.54, 1.807) is 6.33 Å². The molecule has 2 aliphatic heterocycles. The predicted molar refractivity (Wildman–Crippen MR) is 126 cm³/mol. The second kappa shape index (κ2) is 10.8. The molecule has 0 radical (unpaired) electrons. The average molecular weight is 527 g/mol. The normalized spacial score (nSPS) is 16.5. The van der Waals surface area contributed by atoms with Crippen LogP contribution in [-0.2, 0) is 19.5 Å². The van der Waals surface area contributed by atoms with Crippen LogP contribution in [0.15, 0.2) is 29.5 Å². The molecule has 10 heteroatoms. The highest BCUT2D eigenvalue weighted by molar-refractivity contribution is 14.0. The van der Waals surface area contributed by atoms with Crippen LogP contribution in [-0.4, -0.2) is 77.1 Å². The first-order chi connectivity index (χ1) is 14.3. The Kier molecular flexibility index (Phi) is 8.14. The van der Waals surface area contributed by atoms with E-state index in [0.717, 1.165) is 75.5 Å². The summed E-state index contributed by atoms with van der Waals surface area (Å²) < 4.78 is 13.0. The molecule has 0 aliphatic carbocycles. The van der Waals surface area contributed by atoms with Crippen molar-refractivity contribution >= 4 is 29.9 Å². The number of halogens is 1. The molecule has 2 aromatic rings. The molecule has 2 aliphatic rings. The first-order valence-electron chi connectivity index (χ1n) is 10.2.